The first-order valence-electron chi connectivity index (χ1n) is 5.74. The van der Waals surface area contributed by atoms with Gasteiger partial charge in [-0.3, -0.25) is 4.72 Å². The zero-order valence-corrected chi connectivity index (χ0v) is 12.5. The van der Waals surface area contributed by atoms with Crippen molar-refractivity contribution >= 4 is 25.7 Å². The lowest BCUT2D eigenvalue weighted by Gasteiger charge is -2.12. The molecular weight excluding hydrogens is 288 g/mol. The predicted octanol–water partition coefficient (Wildman–Crippen LogP) is 1.12. The molecule has 19 heavy (non-hydrogen) atoms. The van der Waals surface area contributed by atoms with Crippen LogP contribution in [0.2, 0.25) is 0 Å². The Bertz CT molecular complexity index is 636. The fourth-order valence-electron chi connectivity index (χ4n) is 1.41. The molecule has 0 fully saturated rings. The number of nitrogens with two attached hydrogens (primary N) is 1. The minimum absolute atomic E-state index is 0.0197. The van der Waals surface area contributed by atoms with E-state index in [2.05, 4.69) is 4.72 Å². The number of benzene rings is 1. The van der Waals surface area contributed by atoms with Crippen molar-refractivity contribution in [3.05, 3.63) is 24.3 Å². The Balaban J connectivity index is 3.01. The third kappa shape index (κ3) is 5.17. The van der Waals surface area contributed by atoms with Gasteiger partial charge in [0.25, 0.3) is 0 Å². The second-order valence-electron chi connectivity index (χ2n) is 4.64. The summed E-state index contributed by atoms with van der Waals surface area (Å²) >= 11 is 0. The molecule has 0 radical (unpaired) electrons. The summed E-state index contributed by atoms with van der Waals surface area (Å²) in [5.74, 6) is 0.175. The lowest BCUT2D eigenvalue weighted by Crippen LogP contribution is -2.21. The van der Waals surface area contributed by atoms with Gasteiger partial charge < -0.3 is 0 Å². The number of primary sulfonamides is 1. The molecule has 8 heteroatoms. The first kappa shape index (κ1) is 15.9. The van der Waals surface area contributed by atoms with E-state index in [4.69, 9.17) is 5.14 Å². The highest BCUT2D eigenvalue weighted by atomic mass is 32.2. The van der Waals surface area contributed by atoms with Crippen molar-refractivity contribution in [2.24, 2.45) is 11.1 Å². The van der Waals surface area contributed by atoms with Crippen LogP contribution in [0.15, 0.2) is 29.2 Å². The van der Waals surface area contributed by atoms with Crippen LogP contribution in [0.25, 0.3) is 0 Å². The van der Waals surface area contributed by atoms with E-state index in [1.54, 1.807) is 0 Å². The molecule has 0 unspecified atom stereocenters. The van der Waals surface area contributed by atoms with Gasteiger partial charge in [-0.25, -0.2) is 22.0 Å². The Morgan fingerprint density at radius 2 is 1.74 bits per heavy atom. The molecule has 0 saturated heterocycles. The topological polar surface area (TPSA) is 106 Å². The minimum atomic E-state index is -3.96. The fourth-order valence-corrected chi connectivity index (χ4v) is 3.56. The van der Waals surface area contributed by atoms with Gasteiger partial charge in [-0.1, -0.05) is 26.0 Å². The van der Waals surface area contributed by atoms with Crippen molar-refractivity contribution in [2.45, 2.75) is 25.2 Å². The summed E-state index contributed by atoms with van der Waals surface area (Å²) in [4.78, 5) is -0.233. The SMILES string of the molecule is CC(C)CCS(=O)(=O)Nc1ccccc1S(N)(=O)=O. The molecule has 108 valence electrons. The van der Waals surface area contributed by atoms with Gasteiger partial charge in [0.1, 0.15) is 4.90 Å². The summed E-state index contributed by atoms with van der Waals surface area (Å²) in [6.45, 7) is 3.82. The Morgan fingerprint density at radius 1 is 1.16 bits per heavy atom. The van der Waals surface area contributed by atoms with Gasteiger partial charge in [-0.2, -0.15) is 0 Å². The smallest absolute Gasteiger partial charge is 0.240 e. The number of sulfonamides is 2. The van der Waals surface area contributed by atoms with Gasteiger partial charge in [-0.15, -0.1) is 0 Å². The highest BCUT2D eigenvalue weighted by Crippen LogP contribution is 2.21. The summed E-state index contributed by atoms with van der Waals surface area (Å²) < 4.78 is 48.6. The van der Waals surface area contributed by atoms with E-state index in [0.717, 1.165) is 0 Å². The Morgan fingerprint density at radius 3 is 2.26 bits per heavy atom. The van der Waals surface area contributed by atoms with E-state index < -0.39 is 20.0 Å². The molecule has 0 aliphatic carbocycles. The average Bonchev–Trinajstić information content (AvgIpc) is 2.25. The predicted molar refractivity (Wildman–Crippen MR) is 74.7 cm³/mol. The Labute approximate surface area is 114 Å². The number of hydrogen-bond acceptors (Lipinski definition) is 4. The quantitative estimate of drug-likeness (QED) is 0.821. The van der Waals surface area contributed by atoms with Crippen molar-refractivity contribution in [2.75, 3.05) is 10.5 Å². The maximum atomic E-state index is 11.8. The lowest BCUT2D eigenvalue weighted by atomic mass is 10.2. The summed E-state index contributed by atoms with van der Waals surface area (Å²) in [6.07, 6.45) is 0.493. The molecule has 1 rings (SSSR count). The van der Waals surface area contributed by atoms with Crippen LogP contribution < -0.4 is 9.86 Å². The van der Waals surface area contributed by atoms with Crippen LogP contribution in [0, 0.1) is 5.92 Å². The Kier molecular flexibility index (Phi) is 4.94. The largest absolute Gasteiger partial charge is 0.282 e. The summed E-state index contributed by atoms with van der Waals surface area (Å²) in [5.41, 5.74) is -0.0197. The second-order valence-corrected chi connectivity index (χ2v) is 8.02. The van der Waals surface area contributed by atoms with E-state index in [1.165, 1.54) is 24.3 Å². The van der Waals surface area contributed by atoms with Crippen LogP contribution in [0.5, 0.6) is 0 Å². The van der Waals surface area contributed by atoms with Gasteiger partial charge in [0, 0.05) is 0 Å². The third-order valence-electron chi connectivity index (χ3n) is 2.42. The monoisotopic (exact) mass is 306 g/mol. The minimum Gasteiger partial charge on any atom is -0.282 e. The lowest BCUT2D eigenvalue weighted by molar-refractivity contribution is 0.578. The van der Waals surface area contributed by atoms with Gasteiger partial charge in [0.05, 0.1) is 11.4 Å². The molecule has 3 N–H and O–H groups in total. The number of nitrogens with one attached hydrogen (secondary N) is 1. The molecule has 0 amide bonds. The molecule has 0 atom stereocenters. The molecule has 0 aliphatic heterocycles. The van der Waals surface area contributed by atoms with Gasteiger partial charge in [-0.05, 0) is 24.5 Å². The van der Waals surface area contributed by atoms with Crippen LogP contribution in [0.4, 0.5) is 5.69 Å². The van der Waals surface area contributed by atoms with Crippen molar-refractivity contribution in [3.8, 4) is 0 Å². The van der Waals surface area contributed by atoms with Crippen molar-refractivity contribution in [1.29, 1.82) is 0 Å². The number of para-hydroxylation sites is 1. The molecule has 0 saturated carbocycles. The van der Waals surface area contributed by atoms with Crippen LogP contribution in [-0.4, -0.2) is 22.6 Å². The molecule has 0 spiro atoms. The van der Waals surface area contributed by atoms with Crippen LogP contribution in [0.3, 0.4) is 0 Å². The van der Waals surface area contributed by atoms with Crippen molar-refractivity contribution < 1.29 is 16.8 Å². The molecular formula is C11H18N2O4S2. The van der Waals surface area contributed by atoms with E-state index in [0.29, 0.717) is 6.42 Å². The molecule has 1 aromatic rings. The van der Waals surface area contributed by atoms with Crippen molar-refractivity contribution in [3.63, 3.8) is 0 Å². The third-order valence-corrected chi connectivity index (χ3v) is 4.70. The summed E-state index contributed by atoms with van der Waals surface area (Å²) in [6, 6.07) is 5.64. The summed E-state index contributed by atoms with van der Waals surface area (Å²) in [5, 5.41) is 5.04. The first-order valence-corrected chi connectivity index (χ1v) is 8.94. The van der Waals surface area contributed by atoms with E-state index in [9.17, 15) is 16.8 Å². The van der Waals surface area contributed by atoms with Crippen LogP contribution in [-0.2, 0) is 20.0 Å². The van der Waals surface area contributed by atoms with Gasteiger partial charge >= 0.3 is 0 Å². The average molecular weight is 306 g/mol. The zero-order chi connectivity index (χ0) is 14.7. The van der Waals surface area contributed by atoms with E-state index in [1.807, 2.05) is 13.8 Å². The highest BCUT2D eigenvalue weighted by molar-refractivity contribution is 7.93. The first-order chi connectivity index (χ1) is 8.62. The standard InChI is InChI=1S/C11H18N2O4S2/c1-9(2)7-8-18(14,15)13-10-5-3-4-6-11(10)19(12,16)17/h3-6,9,13H,7-8H2,1-2H3,(H2,12,16,17). The normalized spacial score (nSPS) is 12.6. The number of rotatable bonds is 6. The molecule has 0 aromatic heterocycles. The molecule has 0 aliphatic rings. The number of anilines is 1. The maximum Gasteiger partial charge on any atom is 0.240 e. The zero-order valence-electron chi connectivity index (χ0n) is 10.8. The van der Waals surface area contributed by atoms with Crippen LogP contribution in [0.1, 0.15) is 20.3 Å². The Hall–Kier alpha value is -1.12. The maximum absolute atomic E-state index is 11.8. The molecule has 0 heterocycles. The number of hydrogen-bond donors (Lipinski definition) is 2. The molecule has 1 aromatic carbocycles. The fraction of sp³-hybridized carbons (Fsp3) is 0.455. The molecule has 6 nitrogen and oxygen atoms in total. The van der Waals surface area contributed by atoms with Gasteiger partial charge in [0.15, 0.2) is 0 Å². The van der Waals surface area contributed by atoms with E-state index in [-0.39, 0.29) is 22.3 Å². The molecule has 0 bridgehead atoms. The van der Waals surface area contributed by atoms with Gasteiger partial charge in [0.2, 0.25) is 20.0 Å². The van der Waals surface area contributed by atoms with E-state index >= 15 is 0 Å². The van der Waals surface area contributed by atoms with Crippen LogP contribution >= 0.6 is 0 Å². The second kappa shape index (κ2) is 5.89. The highest BCUT2D eigenvalue weighted by Gasteiger charge is 2.18. The summed E-state index contributed by atoms with van der Waals surface area (Å²) in [7, 11) is -7.55. The van der Waals surface area contributed by atoms with Crippen molar-refractivity contribution in [1.82, 2.24) is 0 Å².